The number of carboxylic acid groups (broad SMARTS) is 1. The molecule has 1 aliphatic rings. The van der Waals surface area contributed by atoms with Crippen molar-refractivity contribution in [3.05, 3.63) is 28.2 Å². The molecule has 1 fully saturated rings. The number of aliphatic carboxylic acids is 1. The first-order valence-corrected chi connectivity index (χ1v) is 8.45. The molecule has 1 saturated heterocycles. The monoisotopic (exact) mass is 352 g/mol. The second-order valence-electron chi connectivity index (χ2n) is 4.74. The molecule has 9 heteroatoms. The van der Waals surface area contributed by atoms with E-state index in [9.17, 15) is 13.2 Å². The maximum Gasteiger partial charge on any atom is 0.307 e. The van der Waals surface area contributed by atoms with E-state index in [1.165, 1.54) is 6.07 Å². The Labute approximate surface area is 132 Å². The lowest BCUT2D eigenvalue weighted by Crippen LogP contribution is -2.44. The maximum absolute atomic E-state index is 12.3. The van der Waals surface area contributed by atoms with Crippen molar-refractivity contribution < 1.29 is 18.3 Å². The van der Waals surface area contributed by atoms with E-state index in [4.69, 9.17) is 28.3 Å². The number of benzene rings is 1. The van der Waals surface area contributed by atoms with Crippen molar-refractivity contribution in [2.75, 3.05) is 17.8 Å². The number of anilines is 1. The first-order valence-electron chi connectivity index (χ1n) is 6.26. The van der Waals surface area contributed by atoms with Gasteiger partial charge in [-0.05, 0) is 25.0 Å². The van der Waals surface area contributed by atoms with Gasteiger partial charge in [-0.25, -0.2) is 0 Å². The van der Waals surface area contributed by atoms with E-state index in [1.54, 1.807) is 12.1 Å². The highest BCUT2D eigenvalue weighted by atomic mass is 35.5. The largest absolute Gasteiger partial charge is 0.481 e. The fraction of sp³-hybridized carbons (Fsp3) is 0.417. The first-order chi connectivity index (χ1) is 9.81. The van der Waals surface area contributed by atoms with Gasteiger partial charge < -0.3 is 5.11 Å². The number of piperidine rings is 1. The van der Waals surface area contributed by atoms with Crippen molar-refractivity contribution in [3.8, 4) is 0 Å². The number of nitrogens with one attached hydrogen (secondary N) is 1. The second kappa shape index (κ2) is 6.39. The lowest BCUT2D eigenvalue weighted by Gasteiger charge is -2.30. The molecule has 1 unspecified atom stereocenters. The number of halogens is 2. The zero-order chi connectivity index (χ0) is 15.6. The average Bonchev–Trinajstić information content (AvgIpc) is 2.44. The number of carboxylic acids is 1. The first kappa shape index (κ1) is 16.4. The summed E-state index contributed by atoms with van der Waals surface area (Å²) in [5, 5.41) is 9.35. The smallest absolute Gasteiger partial charge is 0.307 e. The van der Waals surface area contributed by atoms with Crippen LogP contribution in [0.3, 0.4) is 0 Å². The molecule has 0 spiro atoms. The Balaban J connectivity index is 2.18. The Morgan fingerprint density at radius 2 is 2.10 bits per heavy atom. The van der Waals surface area contributed by atoms with Crippen LogP contribution in [0.5, 0.6) is 0 Å². The van der Waals surface area contributed by atoms with Crippen LogP contribution in [-0.2, 0) is 15.0 Å². The molecule has 1 aromatic carbocycles. The molecule has 116 valence electrons. The molecule has 0 bridgehead atoms. The van der Waals surface area contributed by atoms with Gasteiger partial charge in [-0.2, -0.15) is 12.7 Å². The molecule has 1 heterocycles. The lowest BCUT2D eigenvalue weighted by atomic mass is 10.0. The van der Waals surface area contributed by atoms with E-state index in [-0.39, 0.29) is 28.8 Å². The summed E-state index contributed by atoms with van der Waals surface area (Å²) in [6.45, 7) is 0.222. The zero-order valence-corrected chi connectivity index (χ0v) is 13.2. The highest BCUT2D eigenvalue weighted by Crippen LogP contribution is 2.31. The number of carbonyl (C=O) groups is 1. The minimum atomic E-state index is -3.87. The Kier molecular flexibility index (Phi) is 4.98. The predicted octanol–water partition coefficient (Wildman–Crippen LogP) is 2.45. The quantitative estimate of drug-likeness (QED) is 0.871. The summed E-state index contributed by atoms with van der Waals surface area (Å²) >= 11 is 11.8. The van der Waals surface area contributed by atoms with Gasteiger partial charge in [0.25, 0.3) is 0 Å². The molecule has 21 heavy (non-hydrogen) atoms. The number of rotatable bonds is 4. The van der Waals surface area contributed by atoms with Crippen molar-refractivity contribution in [2.45, 2.75) is 12.8 Å². The summed E-state index contributed by atoms with van der Waals surface area (Å²) in [5.41, 5.74) is 0.168. The SMILES string of the molecule is O=C(O)C1CCCN(S(=O)(=O)Nc2cccc(Cl)c2Cl)C1. The fourth-order valence-electron chi connectivity index (χ4n) is 2.15. The van der Waals surface area contributed by atoms with Gasteiger partial charge in [0.15, 0.2) is 0 Å². The van der Waals surface area contributed by atoms with E-state index < -0.39 is 22.1 Å². The summed E-state index contributed by atoms with van der Waals surface area (Å²) in [4.78, 5) is 11.0. The van der Waals surface area contributed by atoms with Crippen LogP contribution in [0, 0.1) is 5.92 Å². The highest BCUT2D eigenvalue weighted by Gasteiger charge is 2.32. The van der Waals surface area contributed by atoms with Gasteiger partial charge in [0.2, 0.25) is 0 Å². The molecule has 2 rings (SSSR count). The van der Waals surface area contributed by atoms with Crippen molar-refractivity contribution in [3.63, 3.8) is 0 Å². The minimum absolute atomic E-state index is 0.0527. The predicted molar refractivity (Wildman–Crippen MR) is 80.9 cm³/mol. The van der Waals surface area contributed by atoms with Crippen molar-refractivity contribution in [2.24, 2.45) is 5.92 Å². The van der Waals surface area contributed by atoms with Crippen molar-refractivity contribution in [1.29, 1.82) is 0 Å². The minimum Gasteiger partial charge on any atom is -0.481 e. The van der Waals surface area contributed by atoms with Gasteiger partial charge in [0.05, 0.1) is 21.7 Å². The highest BCUT2D eigenvalue weighted by molar-refractivity contribution is 7.90. The van der Waals surface area contributed by atoms with Crippen LogP contribution in [0.1, 0.15) is 12.8 Å². The van der Waals surface area contributed by atoms with Gasteiger partial charge >= 0.3 is 16.2 Å². The summed E-state index contributed by atoms with van der Waals surface area (Å²) in [6, 6.07) is 4.61. The van der Waals surface area contributed by atoms with Crippen LogP contribution in [0.25, 0.3) is 0 Å². The molecule has 0 saturated carbocycles. The Morgan fingerprint density at radius 3 is 2.76 bits per heavy atom. The molecule has 0 aromatic heterocycles. The van der Waals surface area contributed by atoms with Crippen molar-refractivity contribution >= 4 is 45.1 Å². The lowest BCUT2D eigenvalue weighted by molar-refractivity contribution is -0.142. The topological polar surface area (TPSA) is 86.7 Å². The molecule has 0 radical (unpaired) electrons. The normalized spacial score (nSPS) is 20.2. The van der Waals surface area contributed by atoms with Crippen LogP contribution in [-0.4, -0.2) is 36.9 Å². The molecular weight excluding hydrogens is 339 g/mol. The summed E-state index contributed by atoms with van der Waals surface area (Å²) in [5.74, 6) is -1.68. The Bertz CT molecular complexity index is 651. The average molecular weight is 353 g/mol. The van der Waals surface area contributed by atoms with Crippen LogP contribution >= 0.6 is 23.2 Å². The third-order valence-corrected chi connectivity index (χ3v) is 5.57. The third-order valence-electron chi connectivity index (χ3n) is 3.26. The van der Waals surface area contributed by atoms with Crippen LogP contribution in [0.15, 0.2) is 18.2 Å². The molecular formula is C12H14Cl2N2O4S. The Morgan fingerprint density at radius 1 is 1.38 bits per heavy atom. The Hall–Kier alpha value is -1.02. The molecule has 6 nitrogen and oxygen atoms in total. The van der Waals surface area contributed by atoms with Crippen LogP contribution < -0.4 is 4.72 Å². The van der Waals surface area contributed by atoms with Gasteiger partial charge in [0, 0.05) is 13.1 Å². The second-order valence-corrected chi connectivity index (χ2v) is 7.20. The van der Waals surface area contributed by atoms with E-state index in [0.717, 1.165) is 4.31 Å². The van der Waals surface area contributed by atoms with Crippen LogP contribution in [0.2, 0.25) is 10.0 Å². The molecule has 0 aliphatic carbocycles. The van der Waals surface area contributed by atoms with E-state index in [2.05, 4.69) is 4.72 Å². The molecule has 0 amide bonds. The third kappa shape index (κ3) is 3.79. The van der Waals surface area contributed by atoms with Crippen LogP contribution in [0.4, 0.5) is 5.69 Å². The van der Waals surface area contributed by atoms with Crippen molar-refractivity contribution in [1.82, 2.24) is 4.31 Å². The molecule has 2 N–H and O–H groups in total. The molecule has 1 aliphatic heterocycles. The fourth-order valence-corrected chi connectivity index (χ4v) is 3.87. The number of nitrogens with zero attached hydrogens (tertiary/aromatic N) is 1. The summed E-state index contributed by atoms with van der Waals surface area (Å²) < 4.78 is 28.1. The summed E-state index contributed by atoms with van der Waals surface area (Å²) in [7, 11) is -3.87. The van der Waals surface area contributed by atoms with Gasteiger partial charge in [-0.1, -0.05) is 29.3 Å². The molecule has 1 atom stereocenters. The van der Waals surface area contributed by atoms with Gasteiger partial charge in [0.1, 0.15) is 0 Å². The van der Waals surface area contributed by atoms with Gasteiger partial charge in [-0.3, -0.25) is 9.52 Å². The maximum atomic E-state index is 12.3. The number of hydrogen-bond acceptors (Lipinski definition) is 3. The standard InChI is InChI=1S/C12H14Cl2N2O4S/c13-9-4-1-5-10(11(9)14)15-21(19,20)16-6-2-3-8(7-16)12(17)18/h1,4-5,8,15H,2-3,6-7H2,(H,17,18). The molecule has 1 aromatic rings. The van der Waals surface area contributed by atoms with Gasteiger partial charge in [-0.15, -0.1) is 0 Å². The zero-order valence-electron chi connectivity index (χ0n) is 10.9. The number of hydrogen-bond donors (Lipinski definition) is 2. The summed E-state index contributed by atoms with van der Waals surface area (Å²) in [6.07, 6.45) is 0.973. The van der Waals surface area contributed by atoms with E-state index in [1.807, 2.05) is 0 Å². The van der Waals surface area contributed by atoms with E-state index >= 15 is 0 Å². The van der Waals surface area contributed by atoms with E-state index in [0.29, 0.717) is 12.8 Å².